The second-order valence-corrected chi connectivity index (χ2v) is 6.66. The molecule has 0 saturated heterocycles. The van der Waals surface area contributed by atoms with E-state index in [9.17, 15) is 0 Å². The van der Waals surface area contributed by atoms with Crippen molar-refractivity contribution in [2.45, 2.75) is 31.6 Å². The highest BCUT2D eigenvalue weighted by molar-refractivity contribution is 7.15. The molecule has 1 N–H and O–H groups in total. The van der Waals surface area contributed by atoms with E-state index in [1.165, 1.54) is 25.7 Å². The molecule has 3 aromatic heterocycles. The summed E-state index contributed by atoms with van der Waals surface area (Å²) in [6.45, 7) is 0. The van der Waals surface area contributed by atoms with Crippen LogP contribution in [0.3, 0.4) is 0 Å². The maximum absolute atomic E-state index is 5.41. The molecule has 3 heterocycles. The maximum atomic E-state index is 5.41. The van der Waals surface area contributed by atoms with Gasteiger partial charge in [-0.15, -0.1) is 29.0 Å². The molecule has 0 amide bonds. The van der Waals surface area contributed by atoms with Crippen molar-refractivity contribution in [2.24, 2.45) is 0 Å². The zero-order valence-corrected chi connectivity index (χ0v) is 14.5. The van der Waals surface area contributed by atoms with Crippen LogP contribution in [0.15, 0.2) is 24.4 Å². The van der Waals surface area contributed by atoms with Crippen molar-refractivity contribution >= 4 is 45.7 Å². The lowest BCUT2D eigenvalue weighted by Crippen LogP contribution is -1.94. The predicted molar refractivity (Wildman–Crippen MR) is 99.1 cm³/mol. The Morgan fingerprint density at radius 2 is 2.00 bits per heavy atom. The van der Waals surface area contributed by atoms with Gasteiger partial charge in [0.05, 0.1) is 11.0 Å². The summed E-state index contributed by atoms with van der Waals surface area (Å²) in [5, 5.41) is 13.7. The maximum Gasteiger partial charge on any atom is 0.211 e. The molecule has 3 aromatic rings. The first-order valence-corrected chi connectivity index (χ1v) is 8.47. The van der Waals surface area contributed by atoms with Gasteiger partial charge in [-0.05, 0) is 31.0 Å². The number of rotatable bonds is 3. The number of anilines is 2. The predicted octanol–water partition coefficient (Wildman–Crippen LogP) is 4.29. The first kappa shape index (κ1) is 16.6. The molecule has 1 aliphatic rings. The summed E-state index contributed by atoms with van der Waals surface area (Å²) in [4.78, 5) is 8.85. The van der Waals surface area contributed by atoms with Crippen molar-refractivity contribution in [1.82, 2.24) is 20.2 Å². The van der Waals surface area contributed by atoms with Crippen LogP contribution in [0.25, 0.3) is 11.0 Å². The van der Waals surface area contributed by atoms with E-state index < -0.39 is 0 Å². The van der Waals surface area contributed by atoms with E-state index >= 15 is 0 Å². The molecular formula is C17H16ClN5S. The Balaban J connectivity index is 0.00000169. The third kappa shape index (κ3) is 3.32. The van der Waals surface area contributed by atoms with Crippen LogP contribution in [-0.4, -0.2) is 20.2 Å². The molecule has 0 atom stereocenters. The van der Waals surface area contributed by atoms with Gasteiger partial charge < -0.3 is 5.32 Å². The molecule has 0 radical (unpaired) electrons. The molecule has 7 heteroatoms. The minimum Gasteiger partial charge on any atom is -0.315 e. The molecule has 24 heavy (non-hydrogen) atoms. The van der Waals surface area contributed by atoms with E-state index in [2.05, 4.69) is 31.4 Å². The van der Waals surface area contributed by atoms with Crippen LogP contribution >= 0.6 is 23.7 Å². The van der Waals surface area contributed by atoms with Gasteiger partial charge in [0.25, 0.3) is 0 Å². The van der Waals surface area contributed by atoms with Crippen LogP contribution in [-0.2, 0) is 0 Å². The summed E-state index contributed by atoms with van der Waals surface area (Å²) in [7, 11) is 0. The second-order valence-electron chi connectivity index (χ2n) is 5.65. The summed E-state index contributed by atoms with van der Waals surface area (Å²) in [6.07, 6.45) is 12.1. The molecule has 1 fully saturated rings. The molecule has 1 aliphatic carbocycles. The Morgan fingerprint density at radius 3 is 2.79 bits per heavy atom. The zero-order chi connectivity index (χ0) is 15.6. The number of nitrogens with one attached hydrogen (secondary N) is 1. The van der Waals surface area contributed by atoms with E-state index in [0.29, 0.717) is 5.92 Å². The number of pyridine rings is 2. The Bertz CT molecular complexity index is 895. The summed E-state index contributed by atoms with van der Waals surface area (Å²) < 4.78 is 0. The van der Waals surface area contributed by atoms with Gasteiger partial charge in [0.15, 0.2) is 0 Å². The smallest absolute Gasteiger partial charge is 0.211 e. The summed E-state index contributed by atoms with van der Waals surface area (Å²) in [5.41, 5.74) is 2.31. The first-order valence-electron chi connectivity index (χ1n) is 7.66. The number of nitrogens with zero attached hydrogens (tertiary/aromatic N) is 4. The van der Waals surface area contributed by atoms with Gasteiger partial charge in [-0.25, -0.2) is 4.98 Å². The van der Waals surface area contributed by atoms with E-state index in [1.807, 2.05) is 18.2 Å². The second kappa shape index (κ2) is 7.12. The van der Waals surface area contributed by atoms with E-state index in [1.54, 1.807) is 17.5 Å². The highest BCUT2D eigenvalue weighted by Crippen LogP contribution is 2.36. The van der Waals surface area contributed by atoms with Gasteiger partial charge in [-0.1, -0.05) is 30.1 Å². The fourth-order valence-corrected chi connectivity index (χ4v) is 3.81. The fraction of sp³-hybridized carbons (Fsp3) is 0.294. The van der Waals surface area contributed by atoms with E-state index in [0.717, 1.165) is 32.6 Å². The van der Waals surface area contributed by atoms with Crippen molar-refractivity contribution in [1.29, 1.82) is 0 Å². The molecule has 1 saturated carbocycles. The van der Waals surface area contributed by atoms with Crippen molar-refractivity contribution in [2.75, 3.05) is 5.32 Å². The Morgan fingerprint density at radius 1 is 1.17 bits per heavy atom. The fourth-order valence-electron chi connectivity index (χ4n) is 2.89. The average molecular weight is 358 g/mol. The minimum absolute atomic E-state index is 0. The molecule has 0 spiro atoms. The van der Waals surface area contributed by atoms with E-state index in [-0.39, 0.29) is 12.4 Å². The van der Waals surface area contributed by atoms with Gasteiger partial charge >= 0.3 is 0 Å². The molecule has 0 unspecified atom stereocenters. The van der Waals surface area contributed by atoms with Crippen molar-refractivity contribution in [3.63, 3.8) is 0 Å². The quantitative estimate of drug-likeness (QED) is 0.708. The zero-order valence-electron chi connectivity index (χ0n) is 12.9. The SMILES string of the molecule is C#Cc1cnc2ccc(Nc3nnc(C4CCCC4)s3)nc2c1.Cl. The minimum atomic E-state index is 0. The topological polar surface area (TPSA) is 63.6 Å². The normalized spacial score (nSPS) is 14.3. The Kier molecular flexibility index (Phi) is 4.93. The molecule has 122 valence electrons. The number of aromatic nitrogens is 4. The average Bonchev–Trinajstić information content (AvgIpc) is 3.25. The Labute approximate surface area is 150 Å². The van der Waals surface area contributed by atoms with Gasteiger partial charge in [0.2, 0.25) is 5.13 Å². The van der Waals surface area contributed by atoms with Crippen LogP contribution in [0.5, 0.6) is 0 Å². The molecule has 5 nitrogen and oxygen atoms in total. The van der Waals surface area contributed by atoms with Gasteiger partial charge in [-0.3, -0.25) is 4.98 Å². The number of hydrogen-bond acceptors (Lipinski definition) is 6. The van der Waals surface area contributed by atoms with Crippen molar-refractivity contribution in [3.8, 4) is 12.3 Å². The largest absolute Gasteiger partial charge is 0.315 e. The summed E-state index contributed by atoms with van der Waals surface area (Å²) in [6, 6.07) is 5.67. The van der Waals surface area contributed by atoms with Crippen LogP contribution in [0.4, 0.5) is 10.9 Å². The van der Waals surface area contributed by atoms with Crippen LogP contribution in [0, 0.1) is 12.3 Å². The molecule has 4 rings (SSSR count). The summed E-state index contributed by atoms with van der Waals surface area (Å²) in [5.74, 6) is 3.88. The monoisotopic (exact) mass is 357 g/mol. The summed E-state index contributed by atoms with van der Waals surface area (Å²) >= 11 is 1.62. The van der Waals surface area contributed by atoms with Gasteiger partial charge in [0, 0.05) is 17.7 Å². The highest BCUT2D eigenvalue weighted by atomic mass is 35.5. The third-order valence-electron chi connectivity index (χ3n) is 4.08. The lowest BCUT2D eigenvalue weighted by molar-refractivity contribution is 0.705. The molecular weight excluding hydrogens is 342 g/mol. The highest BCUT2D eigenvalue weighted by Gasteiger charge is 2.21. The third-order valence-corrected chi connectivity index (χ3v) is 5.09. The van der Waals surface area contributed by atoms with Gasteiger partial charge in [0.1, 0.15) is 10.8 Å². The lowest BCUT2D eigenvalue weighted by atomic mass is 10.1. The van der Waals surface area contributed by atoms with Crippen molar-refractivity contribution in [3.05, 3.63) is 35.0 Å². The van der Waals surface area contributed by atoms with Gasteiger partial charge in [-0.2, -0.15) is 0 Å². The number of hydrogen-bond donors (Lipinski definition) is 1. The van der Waals surface area contributed by atoms with Crippen LogP contribution in [0.2, 0.25) is 0 Å². The number of fused-ring (bicyclic) bond motifs is 1. The molecule has 0 aliphatic heterocycles. The van der Waals surface area contributed by atoms with Crippen LogP contribution in [0.1, 0.15) is 42.2 Å². The molecule has 0 bridgehead atoms. The van der Waals surface area contributed by atoms with Crippen molar-refractivity contribution < 1.29 is 0 Å². The van der Waals surface area contributed by atoms with E-state index in [4.69, 9.17) is 6.42 Å². The Hall–Kier alpha value is -2.23. The first-order chi connectivity index (χ1) is 11.3. The lowest BCUT2D eigenvalue weighted by Gasteiger charge is -2.03. The standard InChI is InChI=1S/C17H15N5S.ClH/c1-2-11-9-14-13(18-10-11)7-8-15(19-14)20-17-22-21-16(23-17)12-5-3-4-6-12;/h1,7-10,12H,3-6H2,(H,19,20,22);1H. The number of halogens is 1. The molecule has 0 aromatic carbocycles. The van der Waals surface area contributed by atoms with Crippen LogP contribution < -0.4 is 5.32 Å². The number of terminal acetylenes is 1.